The minimum absolute atomic E-state index is 0.245. The van der Waals surface area contributed by atoms with Crippen LogP contribution in [-0.4, -0.2) is 39.1 Å². The number of phenolic OH excluding ortho intramolecular Hbond substituents is 1. The molecule has 0 saturated heterocycles. The van der Waals surface area contributed by atoms with E-state index in [4.69, 9.17) is 0 Å². The van der Waals surface area contributed by atoms with Crippen LogP contribution in [0.1, 0.15) is 30.5 Å². The van der Waals surface area contributed by atoms with Crippen molar-refractivity contribution in [1.29, 1.82) is 0 Å². The molecule has 1 aliphatic heterocycles. The zero-order valence-corrected chi connectivity index (χ0v) is 14.7. The number of nitrogens with zero attached hydrogens (tertiary/aromatic N) is 3. The Kier molecular flexibility index (Phi) is 4.34. The summed E-state index contributed by atoms with van der Waals surface area (Å²) in [5, 5.41) is 28.4. The van der Waals surface area contributed by atoms with E-state index in [-0.39, 0.29) is 11.1 Å². The summed E-state index contributed by atoms with van der Waals surface area (Å²) in [5.74, 6) is 0.179. The number of halogens is 3. The number of anilines is 1. The molecule has 0 amide bonds. The van der Waals surface area contributed by atoms with Crippen LogP contribution in [0.4, 0.5) is 19.0 Å². The highest BCUT2D eigenvalue weighted by Crippen LogP contribution is 2.39. The van der Waals surface area contributed by atoms with Gasteiger partial charge in [0.1, 0.15) is 5.75 Å². The average Bonchev–Trinajstić information content (AvgIpc) is 2.86. The summed E-state index contributed by atoms with van der Waals surface area (Å²) >= 11 is 0. The summed E-state index contributed by atoms with van der Waals surface area (Å²) in [5.41, 5.74) is -0.0473. The van der Waals surface area contributed by atoms with E-state index in [2.05, 4.69) is 10.2 Å². The largest absolute Gasteiger partial charge is 0.507 e. The maximum absolute atomic E-state index is 12.9. The van der Waals surface area contributed by atoms with E-state index in [1.54, 1.807) is 19.9 Å². The Bertz CT molecular complexity index is 822. The summed E-state index contributed by atoms with van der Waals surface area (Å²) in [6.07, 6.45) is -3.84. The van der Waals surface area contributed by atoms with Crippen LogP contribution in [0.2, 0.25) is 0 Å². The number of rotatable bonds is 3. The lowest BCUT2D eigenvalue weighted by atomic mass is 9.99. The van der Waals surface area contributed by atoms with Gasteiger partial charge in [-0.1, -0.05) is 0 Å². The molecule has 0 unspecified atom stereocenters. The molecule has 1 aromatic carbocycles. The van der Waals surface area contributed by atoms with Crippen molar-refractivity contribution in [3.63, 3.8) is 0 Å². The molecule has 0 atom stereocenters. The van der Waals surface area contributed by atoms with Gasteiger partial charge in [0.05, 0.1) is 16.9 Å². The van der Waals surface area contributed by atoms with Gasteiger partial charge in [-0.15, -0.1) is 10.2 Å². The van der Waals surface area contributed by atoms with Gasteiger partial charge in [0.25, 0.3) is 0 Å². The molecular formula is C18H20F3N3O2. The zero-order chi connectivity index (χ0) is 19.3. The van der Waals surface area contributed by atoms with Crippen molar-refractivity contribution in [2.75, 3.05) is 18.0 Å². The lowest BCUT2D eigenvalue weighted by Crippen LogP contribution is -2.38. The molecule has 0 fully saturated rings. The van der Waals surface area contributed by atoms with Crippen LogP contribution in [0.25, 0.3) is 11.3 Å². The van der Waals surface area contributed by atoms with E-state index in [0.29, 0.717) is 37.1 Å². The van der Waals surface area contributed by atoms with Gasteiger partial charge in [-0.3, -0.25) is 0 Å². The SMILES string of the molecule is Cc1cc(C(F)(F)F)cc(O)c1-c1cc2c(nn1)N(CC(C)(C)O)CC2. The normalized spacial score (nSPS) is 14.7. The van der Waals surface area contributed by atoms with E-state index in [1.807, 2.05) is 4.90 Å². The summed E-state index contributed by atoms with van der Waals surface area (Å²) in [6.45, 7) is 5.99. The van der Waals surface area contributed by atoms with Crippen LogP contribution >= 0.6 is 0 Å². The Balaban J connectivity index is 1.98. The lowest BCUT2D eigenvalue weighted by Gasteiger charge is -2.26. The Morgan fingerprint density at radius 3 is 2.42 bits per heavy atom. The van der Waals surface area contributed by atoms with Crippen molar-refractivity contribution < 1.29 is 23.4 Å². The Morgan fingerprint density at radius 1 is 1.15 bits per heavy atom. The lowest BCUT2D eigenvalue weighted by molar-refractivity contribution is -0.137. The fourth-order valence-corrected chi connectivity index (χ4v) is 3.24. The van der Waals surface area contributed by atoms with Gasteiger partial charge in [-0.2, -0.15) is 13.2 Å². The number of hydrogen-bond acceptors (Lipinski definition) is 5. The molecule has 2 aromatic rings. The van der Waals surface area contributed by atoms with Crippen molar-refractivity contribution in [1.82, 2.24) is 10.2 Å². The number of benzene rings is 1. The number of aromatic nitrogens is 2. The molecule has 1 aromatic heterocycles. The molecule has 1 aliphatic rings. The van der Waals surface area contributed by atoms with E-state index in [0.717, 1.165) is 11.6 Å². The van der Waals surface area contributed by atoms with Gasteiger partial charge in [-0.05, 0) is 51.0 Å². The molecule has 0 saturated carbocycles. The second-order valence-corrected chi connectivity index (χ2v) is 7.25. The van der Waals surface area contributed by atoms with Gasteiger partial charge < -0.3 is 15.1 Å². The highest BCUT2D eigenvalue weighted by Gasteiger charge is 2.32. The monoisotopic (exact) mass is 367 g/mol. The summed E-state index contributed by atoms with van der Waals surface area (Å²) < 4.78 is 38.6. The van der Waals surface area contributed by atoms with Crippen LogP contribution < -0.4 is 4.90 Å². The third kappa shape index (κ3) is 3.60. The zero-order valence-electron chi connectivity index (χ0n) is 14.7. The van der Waals surface area contributed by atoms with Crippen molar-refractivity contribution >= 4 is 5.82 Å². The van der Waals surface area contributed by atoms with Crippen molar-refractivity contribution in [2.45, 2.75) is 39.0 Å². The van der Waals surface area contributed by atoms with E-state index < -0.39 is 23.1 Å². The second-order valence-electron chi connectivity index (χ2n) is 7.25. The fraction of sp³-hybridized carbons (Fsp3) is 0.444. The highest BCUT2D eigenvalue weighted by molar-refractivity contribution is 5.73. The third-order valence-corrected chi connectivity index (χ3v) is 4.28. The summed E-state index contributed by atoms with van der Waals surface area (Å²) in [6, 6.07) is 3.43. The third-order valence-electron chi connectivity index (χ3n) is 4.28. The predicted molar refractivity (Wildman–Crippen MR) is 91.1 cm³/mol. The number of aryl methyl sites for hydroxylation is 1. The standard InChI is InChI=1S/C18H20F3N3O2/c1-10-6-12(18(19,20)21)8-14(25)15(10)13-7-11-4-5-24(9-17(2,3)26)16(11)23-22-13/h6-8,25-26H,4-5,9H2,1-3H3. The van der Waals surface area contributed by atoms with Crippen molar-refractivity contribution in [3.8, 4) is 17.0 Å². The molecule has 140 valence electrons. The van der Waals surface area contributed by atoms with E-state index in [9.17, 15) is 23.4 Å². The molecular weight excluding hydrogens is 347 g/mol. The van der Waals surface area contributed by atoms with Crippen molar-refractivity contribution in [3.05, 3.63) is 34.9 Å². The fourth-order valence-electron chi connectivity index (χ4n) is 3.24. The highest BCUT2D eigenvalue weighted by atomic mass is 19.4. The molecule has 2 heterocycles. The number of β-amino-alcohol motifs (C(OH)–C–C–N with tert-alkyl or cyclic N) is 1. The number of alkyl halides is 3. The van der Waals surface area contributed by atoms with Crippen LogP contribution in [0.5, 0.6) is 5.75 Å². The van der Waals surface area contributed by atoms with Gasteiger partial charge in [0, 0.05) is 24.2 Å². The van der Waals surface area contributed by atoms with E-state index >= 15 is 0 Å². The molecule has 8 heteroatoms. The minimum atomic E-state index is -4.53. The van der Waals surface area contributed by atoms with Crippen LogP contribution in [0, 0.1) is 6.92 Å². The molecule has 2 N–H and O–H groups in total. The number of phenols is 1. The Morgan fingerprint density at radius 2 is 1.85 bits per heavy atom. The van der Waals surface area contributed by atoms with Crippen molar-refractivity contribution in [2.24, 2.45) is 0 Å². The number of aromatic hydroxyl groups is 1. The van der Waals surface area contributed by atoms with Gasteiger partial charge in [0.2, 0.25) is 0 Å². The van der Waals surface area contributed by atoms with Crippen LogP contribution in [-0.2, 0) is 12.6 Å². The molecule has 0 spiro atoms. The maximum atomic E-state index is 12.9. The van der Waals surface area contributed by atoms with E-state index in [1.165, 1.54) is 6.92 Å². The number of hydrogen-bond donors (Lipinski definition) is 2. The predicted octanol–water partition coefficient (Wildman–Crippen LogP) is 3.31. The molecule has 0 aliphatic carbocycles. The Labute approximate surface area is 149 Å². The minimum Gasteiger partial charge on any atom is -0.507 e. The number of fused-ring (bicyclic) bond motifs is 1. The molecule has 0 radical (unpaired) electrons. The first-order chi connectivity index (χ1) is 12.0. The molecule has 5 nitrogen and oxygen atoms in total. The maximum Gasteiger partial charge on any atom is 0.416 e. The smallest absolute Gasteiger partial charge is 0.416 e. The summed E-state index contributed by atoms with van der Waals surface area (Å²) in [7, 11) is 0. The summed E-state index contributed by atoms with van der Waals surface area (Å²) in [4.78, 5) is 1.92. The molecule has 3 rings (SSSR count). The van der Waals surface area contributed by atoms with Gasteiger partial charge >= 0.3 is 6.18 Å². The first-order valence-electron chi connectivity index (χ1n) is 8.21. The number of aliphatic hydroxyl groups is 1. The van der Waals surface area contributed by atoms with Crippen LogP contribution in [0.3, 0.4) is 0 Å². The molecule has 26 heavy (non-hydrogen) atoms. The second kappa shape index (κ2) is 6.12. The quantitative estimate of drug-likeness (QED) is 0.871. The van der Waals surface area contributed by atoms with Gasteiger partial charge in [-0.25, -0.2) is 0 Å². The Hall–Kier alpha value is -2.35. The average molecular weight is 367 g/mol. The molecule has 0 bridgehead atoms. The van der Waals surface area contributed by atoms with Gasteiger partial charge in [0.15, 0.2) is 5.82 Å². The topological polar surface area (TPSA) is 69.5 Å². The first-order valence-corrected chi connectivity index (χ1v) is 8.21. The first kappa shape index (κ1) is 18.4. The van der Waals surface area contributed by atoms with Crippen LogP contribution in [0.15, 0.2) is 18.2 Å².